The number of ether oxygens (including phenoxy) is 1. The zero-order valence-electron chi connectivity index (χ0n) is 6.73. The maximum atomic E-state index is 5.39. The summed E-state index contributed by atoms with van der Waals surface area (Å²) in [6, 6.07) is 0. The van der Waals surface area contributed by atoms with Crippen molar-refractivity contribution >= 4 is 0 Å². The minimum atomic E-state index is 0.389. The Hall–Kier alpha value is -0.0800. The van der Waals surface area contributed by atoms with Crippen molar-refractivity contribution < 1.29 is 10.1 Å². The van der Waals surface area contributed by atoms with Gasteiger partial charge in [-0.3, -0.25) is 0 Å². The van der Waals surface area contributed by atoms with Crippen LogP contribution in [-0.2, 0) is 4.74 Å². The van der Waals surface area contributed by atoms with E-state index >= 15 is 0 Å². The molecule has 0 aliphatic carbocycles. The molecule has 1 heterocycles. The van der Waals surface area contributed by atoms with Crippen LogP contribution in [0.3, 0.4) is 0 Å². The third-order valence-electron chi connectivity index (χ3n) is 2.16. The van der Waals surface area contributed by atoms with Crippen LogP contribution in [0.15, 0.2) is 0 Å². The van der Waals surface area contributed by atoms with Crippen molar-refractivity contribution in [2.45, 2.75) is 19.8 Å². The molecular weight excluding hydrogens is 126 g/mol. The predicted molar refractivity (Wildman–Crippen MR) is 40.3 cm³/mol. The quantitative estimate of drug-likeness (QED) is 0.547. The lowest BCUT2D eigenvalue weighted by molar-refractivity contribution is -0.610. The van der Waals surface area contributed by atoms with Gasteiger partial charge < -0.3 is 10.1 Å². The lowest BCUT2D eigenvalue weighted by atomic mass is 9.85. The number of nitrogens with two attached hydrogens (primary N) is 1. The van der Waals surface area contributed by atoms with Crippen LogP contribution in [0.2, 0.25) is 0 Å². The standard InChI is InChI=1S/C8H17NO/c1-8(6-9-2)4-3-5-10-7-8/h2-7,9H2,1H3. The highest BCUT2D eigenvalue weighted by Crippen LogP contribution is 2.25. The Labute approximate surface area is 63.0 Å². The van der Waals surface area contributed by atoms with E-state index in [1.54, 1.807) is 0 Å². The average molecular weight is 143 g/mol. The molecule has 1 aliphatic rings. The maximum Gasteiger partial charge on any atom is 0.0592 e. The molecule has 0 spiro atoms. The van der Waals surface area contributed by atoms with Crippen LogP contribution in [0.5, 0.6) is 0 Å². The van der Waals surface area contributed by atoms with Gasteiger partial charge in [-0.15, -0.1) is 0 Å². The van der Waals surface area contributed by atoms with Crippen molar-refractivity contribution in [1.29, 1.82) is 0 Å². The third kappa shape index (κ3) is 1.96. The minimum Gasteiger partial charge on any atom is -0.478 e. The average Bonchev–Trinajstić information content (AvgIpc) is 1.89. The van der Waals surface area contributed by atoms with Gasteiger partial charge in [0.05, 0.1) is 13.2 Å². The van der Waals surface area contributed by atoms with E-state index in [1.165, 1.54) is 12.8 Å². The fraction of sp³-hybridized carbons (Fsp3) is 0.875. The fourth-order valence-corrected chi connectivity index (χ4v) is 1.50. The van der Waals surface area contributed by atoms with E-state index in [2.05, 4.69) is 14.0 Å². The van der Waals surface area contributed by atoms with Crippen molar-refractivity contribution in [3.63, 3.8) is 0 Å². The van der Waals surface area contributed by atoms with Gasteiger partial charge in [0.2, 0.25) is 0 Å². The number of rotatable bonds is 2. The summed E-state index contributed by atoms with van der Waals surface area (Å²) < 4.78 is 5.39. The Morgan fingerprint density at radius 2 is 2.50 bits per heavy atom. The van der Waals surface area contributed by atoms with Crippen LogP contribution >= 0.6 is 0 Å². The summed E-state index contributed by atoms with van der Waals surface area (Å²) in [5, 5.41) is 1.99. The zero-order valence-corrected chi connectivity index (χ0v) is 6.73. The lowest BCUT2D eigenvalue weighted by Crippen LogP contribution is -2.80. The van der Waals surface area contributed by atoms with E-state index < -0.39 is 0 Å². The second-order valence-electron chi connectivity index (χ2n) is 3.46. The van der Waals surface area contributed by atoms with Gasteiger partial charge in [-0.05, 0) is 12.8 Å². The number of hydrogen-bond acceptors (Lipinski definition) is 1. The molecule has 1 atom stereocenters. The monoisotopic (exact) mass is 143 g/mol. The largest absolute Gasteiger partial charge is 0.478 e. The Morgan fingerprint density at radius 1 is 1.70 bits per heavy atom. The SMILES string of the molecule is [CH2-][NH2+]CC1(C)CCCOC1. The minimum absolute atomic E-state index is 0.389. The number of quaternary nitrogens is 1. The molecule has 2 N–H and O–H groups in total. The van der Waals surface area contributed by atoms with Gasteiger partial charge in [-0.1, -0.05) is 6.92 Å². The molecule has 1 rings (SSSR count). The fourth-order valence-electron chi connectivity index (χ4n) is 1.50. The molecule has 0 saturated carbocycles. The van der Waals surface area contributed by atoms with Crippen LogP contribution in [0.25, 0.3) is 0 Å². The summed E-state index contributed by atoms with van der Waals surface area (Å²) in [5.41, 5.74) is 0.389. The number of hydrogen-bond donors (Lipinski definition) is 1. The molecule has 1 saturated heterocycles. The molecule has 0 aromatic carbocycles. The molecule has 0 radical (unpaired) electrons. The van der Waals surface area contributed by atoms with Crippen molar-refractivity contribution in [2.75, 3.05) is 19.8 Å². The zero-order chi connectivity index (χ0) is 7.45. The summed E-state index contributed by atoms with van der Waals surface area (Å²) in [5.74, 6) is 0. The van der Waals surface area contributed by atoms with Crippen LogP contribution in [0, 0.1) is 12.5 Å². The van der Waals surface area contributed by atoms with Crippen molar-refractivity contribution in [3.8, 4) is 0 Å². The van der Waals surface area contributed by atoms with E-state index in [0.717, 1.165) is 19.8 Å². The molecule has 2 nitrogen and oxygen atoms in total. The van der Waals surface area contributed by atoms with E-state index in [1.807, 2.05) is 5.32 Å². The smallest absolute Gasteiger partial charge is 0.0592 e. The molecule has 1 aliphatic heterocycles. The molecule has 0 bridgehead atoms. The van der Waals surface area contributed by atoms with E-state index in [9.17, 15) is 0 Å². The summed E-state index contributed by atoms with van der Waals surface area (Å²) in [6.45, 7) is 5.23. The van der Waals surface area contributed by atoms with Crippen molar-refractivity contribution in [1.82, 2.24) is 0 Å². The molecule has 0 amide bonds. The van der Waals surface area contributed by atoms with Crippen molar-refractivity contribution in [2.24, 2.45) is 5.41 Å². The second-order valence-corrected chi connectivity index (χ2v) is 3.46. The third-order valence-corrected chi connectivity index (χ3v) is 2.16. The lowest BCUT2D eigenvalue weighted by Gasteiger charge is -2.32. The second kappa shape index (κ2) is 3.35. The molecular formula is C8H17NO. The van der Waals surface area contributed by atoms with Crippen LogP contribution in [-0.4, -0.2) is 19.8 Å². The predicted octanol–water partition coefficient (Wildman–Crippen LogP) is 0.158. The topological polar surface area (TPSA) is 25.8 Å². The van der Waals surface area contributed by atoms with E-state index in [0.29, 0.717) is 5.41 Å². The normalized spacial score (nSPS) is 34.2. The Balaban J connectivity index is 2.32. The van der Waals surface area contributed by atoms with Gasteiger partial charge in [0.1, 0.15) is 0 Å². The van der Waals surface area contributed by atoms with E-state index in [4.69, 9.17) is 4.74 Å². The summed E-state index contributed by atoms with van der Waals surface area (Å²) in [4.78, 5) is 0. The molecule has 0 aromatic rings. The Bertz CT molecular complexity index is 91.9. The molecule has 2 heteroatoms. The molecule has 10 heavy (non-hydrogen) atoms. The summed E-state index contributed by atoms with van der Waals surface area (Å²) >= 11 is 0. The first kappa shape index (κ1) is 8.02. The van der Waals surface area contributed by atoms with Crippen LogP contribution in [0.1, 0.15) is 19.8 Å². The van der Waals surface area contributed by atoms with Gasteiger partial charge in [-0.2, -0.15) is 7.05 Å². The highest BCUT2D eigenvalue weighted by molar-refractivity contribution is 4.75. The van der Waals surface area contributed by atoms with Gasteiger partial charge in [0.15, 0.2) is 0 Å². The van der Waals surface area contributed by atoms with Gasteiger partial charge in [0.25, 0.3) is 0 Å². The Kier molecular flexibility index (Phi) is 2.69. The Morgan fingerprint density at radius 3 is 3.00 bits per heavy atom. The van der Waals surface area contributed by atoms with Crippen LogP contribution in [0.4, 0.5) is 0 Å². The first-order valence-corrected chi connectivity index (χ1v) is 3.95. The summed E-state index contributed by atoms with van der Waals surface area (Å²) in [6.07, 6.45) is 2.50. The maximum absolute atomic E-state index is 5.39. The molecule has 60 valence electrons. The van der Waals surface area contributed by atoms with Gasteiger partial charge in [-0.25, -0.2) is 0 Å². The highest BCUT2D eigenvalue weighted by atomic mass is 16.5. The molecule has 1 unspecified atom stereocenters. The van der Waals surface area contributed by atoms with Crippen LogP contribution < -0.4 is 5.32 Å². The van der Waals surface area contributed by atoms with Gasteiger partial charge >= 0.3 is 0 Å². The highest BCUT2D eigenvalue weighted by Gasteiger charge is 2.27. The van der Waals surface area contributed by atoms with Crippen molar-refractivity contribution in [3.05, 3.63) is 7.05 Å². The first-order valence-electron chi connectivity index (χ1n) is 3.95. The van der Waals surface area contributed by atoms with E-state index in [-0.39, 0.29) is 0 Å². The molecule has 1 fully saturated rings. The first-order chi connectivity index (χ1) is 4.77. The van der Waals surface area contributed by atoms with Gasteiger partial charge in [0, 0.05) is 12.0 Å². The molecule has 0 aromatic heterocycles. The summed E-state index contributed by atoms with van der Waals surface area (Å²) in [7, 11) is 3.74.